The van der Waals surface area contributed by atoms with Gasteiger partial charge in [0.1, 0.15) is 12.6 Å². The predicted octanol–water partition coefficient (Wildman–Crippen LogP) is -1.22. The molecule has 0 aliphatic rings. The lowest BCUT2D eigenvalue weighted by Gasteiger charge is -1.69. The molecule has 0 heterocycles. The smallest absolute Gasteiger partial charge is 0.261 e. The van der Waals surface area contributed by atoms with E-state index in [1.165, 1.54) is 0 Å². The average Bonchev–Trinajstić information content (AvgIpc) is 1.80. The maximum atomic E-state index is 9.19. The summed E-state index contributed by atoms with van der Waals surface area (Å²) in [5, 5.41) is 0. The van der Waals surface area contributed by atoms with Gasteiger partial charge in [0.15, 0.2) is 0 Å². The number of rotatable bonds is 2. The van der Waals surface area contributed by atoms with Gasteiger partial charge in [0, 0.05) is 0 Å². The summed E-state index contributed by atoms with van der Waals surface area (Å²) in [5.74, 6) is 0. The molecule has 0 aliphatic carbocycles. The fraction of sp³-hybridized carbons (Fsp3) is 0.600. The lowest BCUT2D eigenvalue weighted by Crippen LogP contribution is -1.88. The van der Waals surface area contributed by atoms with Crippen molar-refractivity contribution in [3.63, 3.8) is 0 Å². The summed E-state index contributed by atoms with van der Waals surface area (Å²) < 4.78 is 51.7. The van der Waals surface area contributed by atoms with E-state index >= 15 is 0 Å². The fourth-order valence-electron chi connectivity index (χ4n) is 0.0393. The Labute approximate surface area is 87.8 Å². The molecule has 0 bridgehead atoms. The molecule has 92 valence electrons. The highest BCUT2D eigenvalue weighted by Crippen LogP contribution is 1.61. The van der Waals surface area contributed by atoms with Gasteiger partial charge in [-0.3, -0.25) is 9.11 Å². The topological polar surface area (TPSA) is 143 Å². The van der Waals surface area contributed by atoms with Gasteiger partial charge in [-0.15, -0.1) is 0 Å². The number of hydrogen-bond donors (Lipinski definition) is 2. The second kappa shape index (κ2) is 9.71. The van der Waals surface area contributed by atoms with Crippen molar-refractivity contribution in [1.82, 2.24) is 0 Å². The molecule has 2 N–H and O–H groups in total. The second-order valence-electron chi connectivity index (χ2n) is 2.04. The van der Waals surface area contributed by atoms with Crippen LogP contribution in [0.1, 0.15) is 6.42 Å². The third kappa shape index (κ3) is 1220. The maximum absolute atomic E-state index is 9.19. The van der Waals surface area contributed by atoms with Crippen LogP contribution in [0.2, 0.25) is 0 Å². The van der Waals surface area contributed by atoms with Crippen LogP contribution >= 0.6 is 0 Å². The molecular formula is C5H12O8S2. The summed E-state index contributed by atoms with van der Waals surface area (Å²) in [6.45, 7) is 0. The molecule has 10 heteroatoms. The van der Waals surface area contributed by atoms with Crippen LogP contribution in [-0.2, 0) is 29.8 Å². The van der Waals surface area contributed by atoms with Gasteiger partial charge in [0.05, 0.1) is 18.9 Å². The van der Waals surface area contributed by atoms with Gasteiger partial charge in [0.25, 0.3) is 20.2 Å². The summed E-state index contributed by atoms with van der Waals surface area (Å²) in [5.41, 5.74) is 0. The van der Waals surface area contributed by atoms with Crippen LogP contribution in [-0.4, -0.2) is 51.0 Å². The Morgan fingerprint density at radius 3 is 1.00 bits per heavy atom. The van der Waals surface area contributed by atoms with E-state index in [1.54, 1.807) is 0 Å². The number of carbonyl (C=O) groups excluding carboxylic acids is 2. The molecule has 0 atom stereocenters. The Hall–Kier alpha value is -0.840. The zero-order valence-corrected chi connectivity index (χ0v) is 9.66. The highest BCUT2D eigenvalue weighted by atomic mass is 32.2. The Balaban J connectivity index is -0.000000144. The van der Waals surface area contributed by atoms with E-state index in [0.717, 1.165) is 0 Å². The summed E-state index contributed by atoms with van der Waals surface area (Å²) in [6.07, 6.45) is 2.58. The summed E-state index contributed by atoms with van der Waals surface area (Å²) in [6, 6.07) is 0. The van der Waals surface area contributed by atoms with Gasteiger partial charge in [-0.25, -0.2) is 0 Å². The van der Waals surface area contributed by atoms with Crippen LogP contribution in [0.5, 0.6) is 0 Å². The molecule has 0 spiro atoms. The van der Waals surface area contributed by atoms with Crippen molar-refractivity contribution < 1.29 is 35.5 Å². The van der Waals surface area contributed by atoms with Crippen molar-refractivity contribution in [2.45, 2.75) is 6.42 Å². The molecule has 0 radical (unpaired) electrons. The number of aldehydes is 2. The first kappa shape index (κ1) is 19.7. The van der Waals surface area contributed by atoms with Crippen LogP contribution < -0.4 is 0 Å². The first-order chi connectivity index (χ1) is 6.41. The summed E-state index contributed by atoms with van der Waals surface area (Å²) in [4.78, 5) is 18.3. The van der Waals surface area contributed by atoms with E-state index in [0.29, 0.717) is 25.1 Å². The molecule has 0 fully saturated rings. The minimum atomic E-state index is -3.67. The Bertz CT molecular complexity index is 298. The lowest BCUT2D eigenvalue weighted by molar-refractivity contribution is -0.114. The van der Waals surface area contributed by atoms with Gasteiger partial charge in [-0.2, -0.15) is 16.8 Å². The van der Waals surface area contributed by atoms with E-state index in [4.69, 9.17) is 9.11 Å². The van der Waals surface area contributed by atoms with Crippen LogP contribution in [0.3, 0.4) is 0 Å². The average molecular weight is 264 g/mol. The van der Waals surface area contributed by atoms with Crippen LogP contribution in [0, 0.1) is 0 Å². The van der Waals surface area contributed by atoms with E-state index in [1.807, 2.05) is 0 Å². The molecule has 8 nitrogen and oxygen atoms in total. The molecule has 0 aromatic heterocycles. The molecule has 0 rings (SSSR count). The van der Waals surface area contributed by atoms with Gasteiger partial charge < -0.3 is 9.59 Å². The van der Waals surface area contributed by atoms with Gasteiger partial charge in [-0.1, -0.05) is 0 Å². The van der Waals surface area contributed by atoms with Crippen molar-refractivity contribution in [1.29, 1.82) is 0 Å². The van der Waals surface area contributed by atoms with Crippen molar-refractivity contribution in [2.75, 3.05) is 12.5 Å². The summed E-state index contributed by atoms with van der Waals surface area (Å²) >= 11 is 0. The molecule has 0 aliphatic heterocycles. The van der Waals surface area contributed by atoms with Gasteiger partial charge in [-0.05, 0) is 0 Å². The zero-order valence-electron chi connectivity index (χ0n) is 8.02. The third-order valence-corrected chi connectivity index (χ3v) is 0.192. The first-order valence-electron chi connectivity index (χ1n) is 3.14. The molecule has 0 aromatic carbocycles. The minimum Gasteiger partial charge on any atom is -0.303 e. The standard InChI is InChI=1S/C3H4O2.2CH4O3S/c4-2-1-3-5;2*1-5(2,3)4/h2-3H,1H2;2*1H3,(H,2,3,4). The Morgan fingerprint density at radius 2 is 1.00 bits per heavy atom. The molecule has 0 amide bonds. The Morgan fingerprint density at radius 1 is 0.867 bits per heavy atom. The predicted molar refractivity (Wildman–Crippen MR) is 51.7 cm³/mol. The third-order valence-electron chi connectivity index (χ3n) is 0.192. The molecule has 0 saturated carbocycles. The fourth-order valence-corrected chi connectivity index (χ4v) is 0.0393. The van der Waals surface area contributed by atoms with Gasteiger partial charge in [0.2, 0.25) is 0 Å². The maximum Gasteiger partial charge on any atom is 0.261 e. The normalized spacial score (nSPS) is 9.87. The van der Waals surface area contributed by atoms with Crippen molar-refractivity contribution >= 4 is 32.8 Å². The van der Waals surface area contributed by atoms with Crippen molar-refractivity contribution in [3.8, 4) is 0 Å². The van der Waals surface area contributed by atoms with E-state index < -0.39 is 20.2 Å². The van der Waals surface area contributed by atoms with Crippen LogP contribution in [0.25, 0.3) is 0 Å². The monoisotopic (exact) mass is 264 g/mol. The van der Waals surface area contributed by atoms with Crippen LogP contribution in [0.4, 0.5) is 0 Å². The van der Waals surface area contributed by atoms with E-state index in [9.17, 15) is 26.4 Å². The largest absolute Gasteiger partial charge is 0.303 e. The van der Waals surface area contributed by atoms with Crippen LogP contribution in [0.15, 0.2) is 0 Å². The summed E-state index contributed by atoms with van der Waals surface area (Å²) in [7, 11) is -7.33. The molecule has 0 unspecified atom stereocenters. The quantitative estimate of drug-likeness (QED) is 0.359. The van der Waals surface area contributed by atoms with Crippen molar-refractivity contribution in [3.05, 3.63) is 0 Å². The van der Waals surface area contributed by atoms with E-state index in [2.05, 4.69) is 0 Å². The minimum absolute atomic E-state index is 0.0278. The van der Waals surface area contributed by atoms with Crippen molar-refractivity contribution in [2.24, 2.45) is 0 Å². The highest BCUT2D eigenvalue weighted by molar-refractivity contribution is 7.85. The number of hydrogen-bond acceptors (Lipinski definition) is 6. The Kier molecular flexibility index (Phi) is 12.7. The molecule has 0 saturated heterocycles. The second-order valence-corrected chi connectivity index (χ2v) is 4.97. The first-order valence-corrected chi connectivity index (χ1v) is 6.83. The molecule has 15 heavy (non-hydrogen) atoms. The molecular weight excluding hydrogens is 252 g/mol. The molecule has 0 aromatic rings. The zero-order chi connectivity index (χ0) is 13.1. The lowest BCUT2D eigenvalue weighted by atomic mass is 10.6. The SMILES string of the molecule is CS(=O)(=O)O.CS(=O)(=O)O.O=CCC=O. The van der Waals surface area contributed by atoms with E-state index in [-0.39, 0.29) is 6.42 Å². The number of carbonyl (C=O) groups is 2. The van der Waals surface area contributed by atoms with Gasteiger partial charge >= 0.3 is 0 Å². The highest BCUT2D eigenvalue weighted by Gasteiger charge is 1.82.